The van der Waals surface area contributed by atoms with Crippen LogP contribution in [0.25, 0.3) is 0 Å². The molecule has 0 radical (unpaired) electrons. The van der Waals surface area contributed by atoms with Crippen LogP contribution < -0.4 is 16.4 Å². The highest BCUT2D eigenvalue weighted by Gasteiger charge is 2.02. The first-order chi connectivity index (χ1) is 7.70. The maximum Gasteiger partial charge on any atom is 0.239 e. The minimum atomic E-state index is -0.355. The van der Waals surface area contributed by atoms with Crippen LogP contribution in [0.2, 0.25) is 0 Å². The van der Waals surface area contributed by atoms with E-state index in [0.717, 1.165) is 0 Å². The number of hydrogen-bond acceptors (Lipinski definition) is 5. The van der Waals surface area contributed by atoms with E-state index >= 15 is 0 Å². The van der Waals surface area contributed by atoms with Gasteiger partial charge in [0, 0.05) is 13.7 Å². The summed E-state index contributed by atoms with van der Waals surface area (Å²) in [5, 5.41) is 4.94. The Bertz CT molecular complexity index is 211. The molecule has 7 heteroatoms. The molecule has 0 bridgehead atoms. The molecule has 0 aromatic heterocycles. The Kier molecular flexibility index (Phi) is 9.58. The van der Waals surface area contributed by atoms with Crippen molar-refractivity contribution in [1.29, 1.82) is 0 Å². The SMILES string of the molecule is COCCOCCNC(=O)CNC(=O)CN. The number of hydrogen-bond donors (Lipinski definition) is 3. The fraction of sp³-hybridized carbons (Fsp3) is 0.778. The molecule has 2 amide bonds. The summed E-state index contributed by atoms with van der Waals surface area (Å²) in [6.07, 6.45) is 0. The first kappa shape index (κ1) is 14.8. The number of ether oxygens (including phenoxy) is 2. The van der Waals surface area contributed by atoms with Crippen LogP contribution in [0, 0.1) is 0 Å². The monoisotopic (exact) mass is 233 g/mol. The maximum atomic E-state index is 11.1. The molecular formula is C9H19N3O4. The molecule has 16 heavy (non-hydrogen) atoms. The molecule has 0 rings (SSSR count). The molecule has 0 unspecified atom stereocenters. The molecule has 0 saturated carbocycles. The first-order valence-electron chi connectivity index (χ1n) is 5.00. The number of rotatable bonds is 9. The second-order valence-electron chi connectivity index (χ2n) is 2.94. The molecule has 4 N–H and O–H groups in total. The number of carbonyl (C=O) groups is 2. The molecule has 7 nitrogen and oxygen atoms in total. The van der Waals surface area contributed by atoms with E-state index in [-0.39, 0.29) is 24.9 Å². The number of methoxy groups -OCH3 is 1. The van der Waals surface area contributed by atoms with E-state index in [9.17, 15) is 9.59 Å². The highest BCUT2D eigenvalue weighted by Crippen LogP contribution is 1.75. The fourth-order valence-electron chi connectivity index (χ4n) is 0.820. The van der Waals surface area contributed by atoms with Crippen molar-refractivity contribution in [3.05, 3.63) is 0 Å². The second-order valence-corrected chi connectivity index (χ2v) is 2.94. The molecule has 0 aliphatic rings. The Morgan fingerprint density at radius 3 is 2.50 bits per heavy atom. The Morgan fingerprint density at radius 1 is 1.12 bits per heavy atom. The minimum absolute atomic E-state index is 0.0614. The predicted octanol–water partition coefficient (Wildman–Crippen LogP) is -2.16. The summed E-state index contributed by atoms with van der Waals surface area (Å²) >= 11 is 0. The third-order valence-electron chi connectivity index (χ3n) is 1.63. The summed E-state index contributed by atoms with van der Waals surface area (Å²) in [6, 6.07) is 0. The Hall–Kier alpha value is -1.18. The number of carbonyl (C=O) groups excluding carboxylic acids is 2. The quantitative estimate of drug-likeness (QED) is 0.394. The van der Waals surface area contributed by atoms with Gasteiger partial charge in [-0.15, -0.1) is 0 Å². The van der Waals surface area contributed by atoms with Gasteiger partial charge in [0.15, 0.2) is 0 Å². The highest BCUT2D eigenvalue weighted by molar-refractivity contribution is 5.85. The van der Waals surface area contributed by atoms with Gasteiger partial charge in [0.05, 0.1) is 32.9 Å². The van der Waals surface area contributed by atoms with Gasteiger partial charge in [0.1, 0.15) is 0 Å². The normalized spacial score (nSPS) is 9.88. The van der Waals surface area contributed by atoms with Crippen molar-refractivity contribution in [2.75, 3.05) is 46.6 Å². The Morgan fingerprint density at radius 2 is 1.88 bits per heavy atom. The highest BCUT2D eigenvalue weighted by atomic mass is 16.5. The molecule has 0 fully saturated rings. The molecule has 0 atom stereocenters. The van der Waals surface area contributed by atoms with Crippen LogP contribution in [0.1, 0.15) is 0 Å². The lowest BCUT2D eigenvalue weighted by molar-refractivity contribution is -0.125. The fourth-order valence-corrected chi connectivity index (χ4v) is 0.820. The minimum Gasteiger partial charge on any atom is -0.382 e. The van der Waals surface area contributed by atoms with Gasteiger partial charge in [-0.05, 0) is 0 Å². The number of nitrogens with one attached hydrogen (secondary N) is 2. The van der Waals surface area contributed by atoms with Gasteiger partial charge in [-0.25, -0.2) is 0 Å². The van der Waals surface area contributed by atoms with Gasteiger partial charge >= 0.3 is 0 Å². The van der Waals surface area contributed by atoms with Gasteiger partial charge in [0.2, 0.25) is 11.8 Å². The van der Waals surface area contributed by atoms with Crippen LogP contribution in [-0.2, 0) is 19.1 Å². The van der Waals surface area contributed by atoms with Gasteiger partial charge < -0.3 is 25.8 Å². The van der Waals surface area contributed by atoms with Crippen molar-refractivity contribution >= 4 is 11.8 Å². The van der Waals surface area contributed by atoms with Gasteiger partial charge in [0.25, 0.3) is 0 Å². The Labute approximate surface area is 94.6 Å². The van der Waals surface area contributed by atoms with Crippen LogP contribution in [0.5, 0.6) is 0 Å². The summed E-state index contributed by atoms with van der Waals surface area (Å²) in [7, 11) is 1.59. The number of nitrogens with two attached hydrogens (primary N) is 1. The smallest absolute Gasteiger partial charge is 0.239 e. The lowest BCUT2D eigenvalue weighted by atomic mass is 10.5. The average Bonchev–Trinajstić information content (AvgIpc) is 2.30. The third kappa shape index (κ3) is 9.38. The van der Waals surface area contributed by atoms with Crippen molar-refractivity contribution in [3.63, 3.8) is 0 Å². The predicted molar refractivity (Wildman–Crippen MR) is 57.8 cm³/mol. The van der Waals surface area contributed by atoms with Crippen molar-refractivity contribution in [2.24, 2.45) is 5.73 Å². The van der Waals surface area contributed by atoms with E-state index in [0.29, 0.717) is 26.4 Å². The van der Waals surface area contributed by atoms with E-state index < -0.39 is 0 Å². The van der Waals surface area contributed by atoms with Gasteiger partial charge in [-0.3, -0.25) is 9.59 Å². The molecule has 0 aromatic rings. The van der Waals surface area contributed by atoms with Gasteiger partial charge in [-0.1, -0.05) is 0 Å². The third-order valence-corrected chi connectivity index (χ3v) is 1.63. The van der Waals surface area contributed by atoms with E-state index in [4.69, 9.17) is 15.2 Å². The zero-order valence-corrected chi connectivity index (χ0v) is 9.45. The van der Waals surface area contributed by atoms with E-state index in [1.807, 2.05) is 0 Å². The van der Waals surface area contributed by atoms with Crippen LogP contribution in [-0.4, -0.2) is 58.4 Å². The molecule has 0 aromatic carbocycles. The molecular weight excluding hydrogens is 214 g/mol. The van der Waals surface area contributed by atoms with Gasteiger partial charge in [-0.2, -0.15) is 0 Å². The molecule has 0 heterocycles. The summed E-state index contributed by atoms with van der Waals surface area (Å²) < 4.78 is 9.90. The van der Waals surface area contributed by atoms with Crippen molar-refractivity contribution < 1.29 is 19.1 Å². The summed E-state index contributed by atoms with van der Waals surface area (Å²) in [4.78, 5) is 21.8. The summed E-state index contributed by atoms with van der Waals surface area (Å²) in [5.74, 6) is -0.622. The van der Waals surface area contributed by atoms with Crippen LogP contribution in [0.3, 0.4) is 0 Å². The van der Waals surface area contributed by atoms with Crippen molar-refractivity contribution in [1.82, 2.24) is 10.6 Å². The summed E-state index contributed by atoms with van der Waals surface area (Å²) in [5.41, 5.74) is 5.05. The topological polar surface area (TPSA) is 103 Å². The zero-order chi connectivity index (χ0) is 12.2. The summed E-state index contributed by atoms with van der Waals surface area (Å²) in [6.45, 7) is 1.67. The second kappa shape index (κ2) is 10.3. The molecule has 94 valence electrons. The van der Waals surface area contributed by atoms with Crippen molar-refractivity contribution in [2.45, 2.75) is 0 Å². The lowest BCUT2D eigenvalue weighted by Crippen LogP contribution is -2.40. The van der Waals surface area contributed by atoms with Crippen LogP contribution in [0.4, 0.5) is 0 Å². The first-order valence-corrected chi connectivity index (χ1v) is 5.00. The zero-order valence-electron chi connectivity index (χ0n) is 9.45. The number of amides is 2. The van der Waals surface area contributed by atoms with Crippen molar-refractivity contribution in [3.8, 4) is 0 Å². The molecule has 0 spiro atoms. The molecule has 0 saturated heterocycles. The maximum absolute atomic E-state index is 11.1. The average molecular weight is 233 g/mol. The van der Waals surface area contributed by atoms with E-state index in [1.54, 1.807) is 7.11 Å². The van der Waals surface area contributed by atoms with E-state index in [2.05, 4.69) is 10.6 Å². The lowest BCUT2D eigenvalue weighted by Gasteiger charge is -2.06. The van der Waals surface area contributed by atoms with Crippen LogP contribution in [0.15, 0.2) is 0 Å². The van der Waals surface area contributed by atoms with Crippen LogP contribution >= 0.6 is 0 Å². The van der Waals surface area contributed by atoms with E-state index in [1.165, 1.54) is 0 Å². The Balaban J connectivity index is 3.27. The molecule has 0 aliphatic heterocycles. The largest absolute Gasteiger partial charge is 0.382 e. The molecule has 0 aliphatic carbocycles. The standard InChI is InChI=1S/C9H19N3O4/c1-15-4-5-16-3-2-11-9(14)7-12-8(13)6-10/h2-7,10H2,1H3,(H,11,14)(H,12,13).